The molecule has 152 valence electrons. The number of esters is 1. The minimum absolute atomic E-state index is 0.0760. The molecule has 0 radical (unpaired) electrons. The second kappa shape index (κ2) is 9.45. The van der Waals surface area contributed by atoms with Crippen LogP contribution >= 0.6 is 0 Å². The topological polar surface area (TPSA) is 89.5 Å². The van der Waals surface area contributed by atoms with Gasteiger partial charge in [-0.15, -0.1) is 0 Å². The Labute approximate surface area is 171 Å². The lowest BCUT2D eigenvalue weighted by Crippen LogP contribution is -2.31. The van der Waals surface area contributed by atoms with Gasteiger partial charge in [0.25, 0.3) is 0 Å². The highest BCUT2D eigenvalue weighted by Crippen LogP contribution is 2.28. The van der Waals surface area contributed by atoms with Crippen LogP contribution in [0.3, 0.4) is 0 Å². The molecule has 0 bridgehead atoms. The number of sulfonamides is 1. The quantitative estimate of drug-likeness (QED) is 0.530. The second-order valence-electron chi connectivity index (χ2n) is 6.43. The van der Waals surface area contributed by atoms with E-state index in [4.69, 9.17) is 0 Å². The van der Waals surface area contributed by atoms with Crippen LogP contribution in [0.2, 0.25) is 0 Å². The van der Waals surface area contributed by atoms with Gasteiger partial charge < -0.3 is 4.74 Å². The van der Waals surface area contributed by atoms with Gasteiger partial charge in [-0.25, -0.2) is 13.2 Å². The number of hydrogen-bond donors (Lipinski definition) is 1. The highest BCUT2D eigenvalue weighted by Gasteiger charge is 2.26. The van der Waals surface area contributed by atoms with E-state index in [1.165, 1.54) is 38.3 Å². The predicted octanol–water partition coefficient (Wildman–Crippen LogP) is 3.35. The Morgan fingerprint density at radius 1 is 1.10 bits per heavy atom. The Bertz CT molecular complexity index is 1050. The summed E-state index contributed by atoms with van der Waals surface area (Å²) in [6.07, 6.45) is 2.72. The molecule has 0 aliphatic rings. The monoisotopic (exact) mass is 413 g/mol. The zero-order valence-corrected chi connectivity index (χ0v) is 17.3. The van der Waals surface area contributed by atoms with Gasteiger partial charge in [0.05, 0.1) is 18.0 Å². The van der Waals surface area contributed by atoms with Crippen molar-refractivity contribution >= 4 is 27.9 Å². The SMILES string of the molecule is C=C(C(C)=O)[C@H](NS(=O)(=O)c1ccc(C)cc1)c1ccccc1/C=C/C(=O)OC. The van der Waals surface area contributed by atoms with Crippen LogP contribution in [-0.4, -0.2) is 27.3 Å². The number of hydrogen-bond acceptors (Lipinski definition) is 5. The van der Waals surface area contributed by atoms with Crippen LogP contribution in [0.4, 0.5) is 0 Å². The Morgan fingerprint density at radius 3 is 2.31 bits per heavy atom. The number of rotatable bonds is 8. The van der Waals surface area contributed by atoms with Crippen molar-refractivity contribution in [2.24, 2.45) is 0 Å². The molecule has 2 rings (SSSR count). The first-order valence-corrected chi connectivity index (χ1v) is 10.3. The van der Waals surface area contributed by atoms with E-state index in [9.17, 15) is 18.0 Å². The van der Waals surface area contributed by atoms with E-state index in [1.54, 1.807) is 36.4 Å². The van der Waals surface area contributed by atoms with E-state index in [0.29, 0.717) is 11.1 Å². The largest absolute Gasteiger partial charge is 0.466 e. The van der Waals surface area contributed by atoms with Crippen molar-refractivity contribution in [1.82, 2.24) is 4.72 Å². The third kappa shape index (κ3) is 5.73. The average molecular weight is 413 g/mol. The normalized spacial score (nSPS) is 12.5. The number of Topliss-reactive ketones (excluding diaryl/α,β-unsaturated/α-hetero) is 1. The van der Waals surface area contributed by atoms with Gasteiger partial charge in [-0.3, -0.25) is 4.79 Å². The van der Waals surface area contributed by atoms with Gasteiger partial charge in [-0.1, -0.05) is 48.5 Å². The lowest BCUT2D eigenvalue weighted by molar-refractivity contribution is -0.134. The minimum Gasteiger partial charge on any atom is -0.466 e. The molecule has 29 heavy (non-hydrogen) atoms. The van der Waals surface area contributed by atoms with Gasteiger partial charge >= 0.3 is 5.97 Å². The van der Waals surface area contributed by atoms with Crippen LogP contribution in [0.25, 0.3) is 6.08 Å². The summed E-state index contributed by atoms with van der Waals surface area (Å²) < 4.78 is 33.0. The Kier molecular flexibility index (Phi) is 7.25. The van der Waals surface area contributed by atoms with Gasteiger partial charge in [0.2, 0.25) is 10.0 Å². The van der Waals surface area contributed by atoms with E-state index in [2.05, 4.69) is 16.0 Å². The molecule has 0 aliphatic heterocycles. The lowest BCUT2D eigenvalue weighted by atomic mass is 9.94. The summed E-state index contributed by atoms with van der Waals surface area (Å²) in [5.41, 5.74) is 2.05. The van der Waals surface area contributed by atoms with E-state index < -0.39 is 22.0 Å². The van der Waals surface area contributed by atoms with Crippen LogP contribution in [0.1, 0.15) is 29.7 Å². The standard InChI is InChI=1S/C22H23NO5S/c1-15-9-12-19(13-10-15)29(26,27)23-22(16(2)17(3)24)20-8-6-5-7-18(20)11-14-21(25)28-4/h5-14,22-23H,2H2,1,3-4H3/b14-11+/t22-/m0/s1. The molecule has 1 atom stereocenters. The van der Waals surface area contributed by atoms with Crippen LogP contribution in [0.5, 0.6) is 0 Å². The van der Waals surface area contributed by atoms with Crippen LogP contribution in [0, 0.1) is 6.92 Å². The summed E-state index contributed by atoms with van der Waals surface area (Å²) in [4.78, 5) is 23.6. The zero-order valence-electron chi connectivity index (χ0n) is 16.5. The van der Waals surface area contributed by atoms with E-state index in [0.717, 1.165) is 5.56 Å². The molecule has 1 N–H and O–H groups in total. The molecular weight excluding hydrogens is 390 g/mol. The number of methoxy groups -OCH3 is 1. The molecular formula is C22H23NO5S. The maximum absolute atomic E-state index is 12.9. The summed E-state index contributed by atoms with van der Waals surface area (Å²) in [6.45, 7) is 6.96. The van der Waals surface area contributed by atoms with Crippen molar-refractivity contribution in [2.75, 3.05) is 7.11 Å². The number of nitrogens with one attached hydrogen (secondary N) is 1. The Balaban J connectivity index is 2.51. The van der Waals surface area contributed by atoms with E-state index in [-0.39, 0.29) is 16.3 Å². The third-order valence-electron chi connectivity index (χ3n) is 4.31. The predicted molar refractivity (Wildman–Crippen MR) is 112 cm³/mol. The first-order valence-electron chi connectivity index (χ1n) is 8.79. The number of carbonyl (C=O) groups is 2. The second-order valence-corrected chi connectivity index (χ2v) is 8.15. The van der Waals surface area contributed by atoms with Gasteiger partial charge in [0.1, 0.15) is 0 Å². The fraction of sp³-hybridized carbons (Fsp3) is 0.182. The zero-order chi connectivity index (χ0) is 21.6. The molecule has 0 aliphatic carbocycles. The van der Waals surface area contributed by atoms with Crippen molar-refractivity contribution < 1.29 is 22.7 Å². The average Bonchev–Trinajstić information content (AvgIpc) is 2.70. The maximum atomic E-state index is 12.9. The first-order chi connectivity index (χ1) is 13.7. The summed E-state index contributed by atoms with van der Waals surface area (Å²) in [5.74, 6) is -0.907. The highest BCUT2D eigenvalue weighted by atomic mass is 32.2. The molecule has 0 saturated heterocycles. The van der Waals surface area contributed by atoms with E-state index in [1.807, 2.05) is 6.92 Å². The summed E-state index contributed by atoms with van der Waals surface area (Å²) in [6, 6.07) is 12.2. The van der Waals surface area contributed by atoms with Gasteiger partial charge in [0.15, 0.2) is 5.78 Å². The fourth-order valence-corrected chi connectivity index (χ4v) is 3.83. The van der Waals surface area contributed by atoms with Crippen LogP contribution in [-0.2, 0) is 24.3 Å². The summed E-state index contributed by atoms with van der Waals surface area (Å²) >= 11 is 0. The number of carbonyl (C=O) groups excluding carboxylic acids is 2. The van der Waals surface area contributed by atoms with Crippen molar-refractivity contribution in [3.8, 4) is 0 Å². The number of ketones is 1. The molecule has 0 amide bonds. The van der Waals surface area contributed by atoms with Crippen LogP contribution < -0.4 is 4.72 Å². The van der Waals surface area contributed by atoms with Crippen LogP contribution in [0.15, 0.2) is 71.7 Å². The molecule has 7 heteroatoms. The molecule has 0 spiro atoms. The number of aryl methyl sites for hydroxylation is 1. The van der Waals surface area contributed by atoms with E-state index >= 15 is 0 Å². The van der Waals surface area contributed by atoms with Gasteiger partial charge in [0, 0.05) is 11.6 Å². The van der Waals surface area contributed by atoms with Crippen molar-refractivity contribution in [3.63, 3.8) is 0 Å². The molecule has 2 aromatic carbocycles. The minimum atomic E-state index is -3.93. The third-order valence-corrected chi connectivity index (χ3v) is 5.75. The number of ether oxygens (including phenoxy) is 1. The number of benzene rings is 2. The lowest BCUT2D eigenvalue weighted by Gasteiger charge is -2.22. The summed E-state index contributed by atoms with van der Waals surface area (Å²) in [7, 11) is -2.68. The Morgan fingerprint density at radius 2 is 1.72 bits per heavy atom. The molecule has 0 saturated carbocycles. The van der Waals surface area contributed by atoms with Gasteiger partial charge in [-0.05, 0) is 43.2 Å². The van der Waals surface area contributed by atoms with Crippen molar-refractivity contribution in [2.45, 2.75) is 24.8 Å². The molecule has 0 heterocycles. The first kappa shape index (κ1) is 22.3. The molecule has 2 aromatic rings. The molecule has 0 aromatic heterocycles. The van der Waals surface area contributed by atoms with Crippen molar-refractivity contribution in [1.29, 1.82) is 0 Å². The smallest absolute Gasteiger partial charge is 0.330 e. The highest BCUT2D eigenvalue weighted by molar-refractivity contribution is 7.89. The molecule has 0 fully saturated rings. The summed E-state index contributed by atoms with van der Waals surface area (Å²) in [5, 5.41) is 0. The molecule has 0 unspecified atom stereocenters. The molecule has 6 nitrogen and oxygen atoms in total. The Hall–Kier alpha value is -3.03. The van der Waals surface area contributed by atoms with Crippen molar-refractivity contribution in [3.05, 3.63) is 83.4 Å². The maximum Gasteiger partial charge on any atom is 0.330 e. The van der Waals surface area contributed by atoms with Gasteiger partial charge in [-0.2, -0.15) is 4.72 Å². The fourth-order valence-electron chi connectivity index (χ4n) is 2.62.